The first kappa shape index (κ1) is 14.3. The molecule has 1 aliphatic carbocycles. The first-order valence-corrected chi connectivity index (χ1v) is 7.36. The molecule has 0 bridgehead atoms. The molecule has 1 fully saturated rings. The van der Waals surface area contributed by atoms with Crippen LogP contribution in [0, 0.1) is 11.7 Å². The molecule has 0 heterocycles. The van der Waals surface area contributed by atoms with Crippen molar-refractivity contribution in [2.24, 2.45) is 5.92 Å². The molecule has 2 rings (SSSR count). The molecule has 0 aromatic heterocycles. The van der Waals surface area contributed by atoms with E-state index in [1.807, 2.05) is 19.1 Å². The summed E-state index contributed by atoms with van der Waals surface area (Å²) in [6, 6.07) is 5.45. The van der Waals surface area contributed by atoms with Crippen molar-refractivity contribution in [3.05, 3.63) is 29.6 Å². The lowest BCUT2D eigenvalue weighted by Crippen LogP contribution is -2.31. The highest BCUT2D eigenvalue weighted by Crippen LogP contribution is 2.32. The van der Waals surface area contributed by atoms with E-state index in [2.05, 4.69) is 24.2 Å². The Kier molecular flexibility index (Phi) is 4.81. The van der Waals surface area contributed by atoms with Gasteiger partial charge >= 0.3 is 0 Å². The quantitative estimate of drug-likeness (QED) is 0.842. The molecule has 1 saturated carbocycles. The standard InChI is InChI=1S/C16H25FN2/c1-4-18-12(2)16-14(17)9-6-10-15(16)19(3)11-13-7-5-8-13/h6,9-10,12-13,18H,4-5,7-8,11H2,1-3H3. The molecule has 1 unspecified atom stereocenters. The maximum absolute atomic E-state index is 14.2. The normalized spacial score (nSPS) is 17.1. The molecule has 1 N–H and O–H groups in total. The molecule has 0 spiro atoms. The Bertz CT molecular complexity index is 415. The van der Waals surface area contributed by atoms with E-state index in [0.29, 0.717) is 0 Å². The fourth-order valence-corrected chi connectivity index (χ4v) is 2.86. The third kappa shape index (κ3) is 3.27. The average Bonchev–Trinajstić information content (AvgIpc) is 2.33. The van der Waals surface area contributed by atoms with Gasteiger partial charge in [-0.05, 0) is 44.4 Å². The number of rotatable bonds is 6. The zero-order valence-electron chi connectivity index (χ0n) is 12.2. The van der Waals surface area contributed by atoms with Crippen LogP contribution in [-0.2, 0) is 0 Å². The van der Waals surface area contributed by atoms with Crippen LogP contribution in [0.15, 0.2) is 18.2 Å². The zero-order valence-corrected chi connectivity index (χ0v) is 12.2. The topological polar surface area (TPSA) is 15.3 Å². The smallest absolute Gasteiger partial charge is 0.130 e. The van der Waals surface area contributed by atoms with Crippen LogP contribution in [0.3, 0.4) is 0 Å². The molecular formula is C16H25FN2. The summed E-state index contributed by atoms with van der Waals surface area (Å²) in [5.41, 5.74) is 1.83. The lowest BCUT2D eigenvalue weighted by molar-refractivity contribution is 0.321. The molecule has 0 radical (unpaired) electrons. The summed E-state index contributed by atoms with van der Waals surface area (Å²) >= 11 is 0. The van der Waals surface area contributed by atoms with Gasteiger partial charge in [0.15, 0.2) is 0 Å². The maximum Gasteiger partial charge on any atom is 0.130 e. The Morgan fingerprint density at radius 3 is 2.74 bits per heavy atom. The average molecular weight is 264 g/mol. The van der Waals surface area contributed by atoms with Crippen LogP contribution in [-0.4, -0.2) is 20.1 Å². The van der Waals surface area contributed by atoms with Gasteiger partial charge in [0.25, 0.3) is 0 Å². The van der Waals surface area contributed by atoms with Gasteiger partial charge < -0.3 is 10.2 Å². The lowest BCUT2D eigenvalue weighted by atomic mass is 9.85. The van der Waals surface area contributed by atoms with Gasteiger partial charge in [-0.15, -0.1) is 0 Å². The Labute approximate surface area is 116 Å². The molecule has 2 nitrogen and oxygen atoms in total. The van der Waals surface area contributed by atoms with Crippen molar-refractivity contribution in [2.75, 3.05) is 25.0 Å². The minimum absolute atomic E-state index is 0.0463. The van der Waals surface area contributed by atoms with Gasteiger partial charge in [-0.2, -0.15) is 0 Å². The van der Waals surface area contributed by atoms with Crippen LogP contribution >= 0.6 is 0 Å². The monoisotopic (exact) mass is 264 g/mol. The second kappa shape index (κ2) is 6.38. The minimum Gasteiger partial charge on any atom is -0.374 e. The van der Waals surface area contributed by atoms with Gasteiger partial charge in [0, 0.05) is 30.9 Å². The third-order valence-corrected chi connectivity index (χ3v) is 4.14. The fraction of sp³-hybridized carbons (Fsp3) is 0.625. The van der Waals surface area contributed by atoms with Crippen LogP contribution < -0.4 is 10.2 Å². The molecule has 3 heteroatoms. The number of hydrogen-bond acceptors (Lipinski definition) is 2. The summed E-state index contributed by atoms with van der Waals surface area (Å²) in [5, 5.41) is 3.31. The van der Waals surface area contributed by atoms with E-state index in [-0.39, 0.29) is 11.9 Å². The van der Waals surface area contributed by atoms with Gasteiger partial charge in [0.1, 0.15) is 5.82 Å². The molecule has 0 amide bonds. The highest BCUT2D eigenvalue weighted by atomic mass is 19.1. The second-order valence-corrected chi connectivity index (χ2v) is 5.63. The summed E-state index contributed by atoms with van der Waals surface area (Å²) in [4.78, 5) is 2.22. The summed E-state index contributed by atoms with van der Waals surface area (Å²) in [6.07, 6.45) is 3.98. The first-order valence-electron chi connectivity index (χ1n) is 7.36. The molecule has 1 aromatic carbocycles. The largest absolute Gasteiger partial charge is 0.374 e. The van der Waals surface area contributed by atoms with Crippen molar-refractivity contribution < 1.29 is 4.39 Å². The van der Waals surface area contributed by atoms with E-state index in [1.165, 1.54) is 19.3 Å². The molecule has 0 saturated heterocycles. The van der Waals surface area contributed by atoms with Gasteiger partial charge in [-0.3, -0.25) is 0 Å². The molecule has 1 atom stereocenters. The van der Waals surface area contributed by atoms with E-state index in [0.717, 1.165) is 30.3 Å². The van der Waals surface area contributed by atoms with E-state index in [1.54, 1.807) is 6.07 Å². The fourth-order valence-electron chi connectivity index (χ4n) is 2.86. The van der Waals surface area contributed by atoms with Crippen molar-refractivity contribution in [1.29, 1.82) is 0 Å². The number of nitrogens with one attached hydrogen (secondary N) is 1. The van der Waals surface area contributed by atoms with Crippen LogP contribution in [0.25, 0.3) is 0 Å². The van der Waals surface area contributed by atoms with E-state index >= 15 is 0 Å². The molecule has 1 aromatic rings. The van der Waals surface area contributed by atoms with Crippen LogP contribution in [0.4, 0.5) is 10.1 Å². The highest BCUT2D eigenvalue weighted by Gasteiger charge is 2.22. The second-order valence-electron chi connectivity index (χ2n) is 5.63. The number of anilines is 1. The molecule has 1 aliphatic rings. The predicted octanol–water partition coefficient (Wildman–Crippen LogP) is 3.73. The molecule has 19 heavy (non-hydrogen) atoms. The Hall–Kier alpha value is -1.09. The first-order chi connectivity index (χ1) is 9.13. The Morgan fingerprint density at radius 2 is 2.16 bits per heavy atom. The van der Waals surface area contributed by atoms with Crippen molar-refractivity contribution in [1.82, 2.24) is 5.32 Å². The lowest BCUT2D eigenvalue weighted by Gasteiger charge is -2.33. The van der Waals surface area contributed by atoms with E-state index in [4.69, 9.17) is 0 Å². The summed E-state index contributed by atoms with van der Waals surface area (Å²) < 4.78 is 14.2. The molecular weight excluding hydrogens is 239 g/mol. The van der Waals surface area contributed by atoms with Gasteiger partial charge in [-0.25, -0.2) is 4.39 Å². The summed E-state index contributed by atoms with van der Waals surface area (Å²) in [6.45, 7) is 5.97. The third-order valence-electron chi connectivity index (χ3n) is 4.14. The van der Waals surface area contributed by atoms with E-state index < -0.39 is 0 Å². The zero-order chi connectivity index (χ0) is 13.8. The number of benzene rings is 1. The van der Waals surface area contributed by atoms with Crippen molar-refractivity contribution in [2.45, 2.75) is 39.2 Å². The van der Waals surface area contributed by atoms with Gasteiger partial charge in [0.2, 0.25) is 0 Å². The van der Waals surface area contributed by atoms with Crippen LogP contribution in [0.1, 0.15) is 44.7 Å². The molecule has 0 aliphatic heterocycles. The van der Waals surface area contributed by atoms with Gasteiger partial charge in [-0.1, -0.05) is 19.4 Å². The van der Waals surface area contributed by atoms with E-state index in [9.17, 15) is 4.39 Å². The summed E-state index contributed by atoms with van der Waals surface area (Å²) in [5.74, 6) is 0.682. The van der Waals surface area contributed by atoms with Crippen LogP contribution in [0.5, 0.6) is 0 Å². The van der Waals surface area contributed by atoms with Crippen molar-refractivity contribution >= 4 is 5.69 Å². The highest BCUT2D eigenvalue weighted by molar-refractivity contribution is 5.55. The molecule has 106 valence electrons. The van der Waals surface area contributed by atoms with Gasteiger partial charge in [0.05, 0.1) is 0 Å². The summed E-state index contributed by atoms with van der Waals surface area (Å²) in [7, 11) is 2.08. The Morgan fingerprint density at radius 1 is 1.42 bits per heavy atom. The predicted molar refractivity (Wildman–Crippen MR) is 79.1 cm³/mol. The SMILES string of the molecule is CCNC(C)c1c(F)cccc1N(C)CC1CCC1. The van der Waals surface area contributed by atoms with Crippen LogP contribution in [0.2, 0.25) is 0 Å². The van der Waals surface area contributed by atoms with Crippen molar-refractivity contribution in [3.63, 3.8) is 0 Å². The Balaban J connectivity index is 2.19. The van der Waals surface area contributed by atoms with Crippen molar-refractivity contribution in [3.8, 4) is 0 Å². The number of nitrogens with zero attached hydrogens (tertiary/aromatic N) is 1. The number of hydrogen-bond donors (Lipinski definition) is 1. The maximum atomic E-state index is 14.2. The minimum atomic E-state index is -0.105. The number of halogens is 1.